The molecule has 0 spiro atoms. The van der Waals surface area contributed by atoms with E-state index >= 15 is 0 Å². The van der Waals surface area contributed by atoms with Crippen molar-refractivity contribution in [2.24, 2.45) is 0 Å². The minimum Gasteiger partial charge on any atom is -0.366 e. The van der Waals surface area contributed by atoms with Crippen LogP contribution in [-0.4, -0.2) is 20.2 Å². The van der Waals surface area contributed by atoms with E-state index in [4.69, 9.17) is 11.6 Å². The largest absolute Gasteiger partial charge is 0.433 e. The Labute approximate surface area is 111 Å². The molecule has 0 aromatic carbocycles. The Balaban J connectivity index is 2.17. The first-order chi connectivity index (χ1) is 8.86. The second-order valence-electron chi connectivity index (χ2n) is 3.78. The number of alkyl halides is 3. The van der Waals surface area contributed by atoms with Gasteiger partial charge in [-0.1, -0.05) is 0 Å². The number of rotatable bonds is 3. The molecule has 102 valence electrons. The molecule has 2 aromatic rings. The van der Waals surface area contributed by atoms with Crippen molar-refractivity contribution in [3.8, 4) is 0 Å². The fourth-order valence-corrected chi connectivity index (χ4v) is 1.58. The number of nitrogens with one attached hydrogen (secondary N) is 2. The number of halogens is 4. The van der Waals surface area contributed by atoms with Gasteiger partial charge in [-0.05, 0) is 18.5 Å². The lowest BCUT2D eigenvalue weighted by molar-refractivity contribution is -0.141. The molecule has 2 aromatic heterocycles. The van der Waals surface area contributed by atoms with Crippen LogP contribution in [0.1, 0.15) is 17.0 Å². The number of aryl methyl sites for hydroxylation is 1. The van der Waals surface area contributed by atoms with Gasteiger partial charge in [0, 0.05) is 23.9 Å². The van der Waals surface area contributed by atoms with Crippen molar-refractivity contribution in [1.82, 2.24) is 20.2 Å². The van der Waals surface area contributed by atoms with Gasteiger partial charge < -0.3 is 5.32 Å². The van der Waals surface area contributed by atoms with Crippen LogP contribution in [0.3, 0.4) is 0 Å². The Morgan fingerprint density at radius 2 is 2.11 bits per heavy atom. The predicted octanol–water partition coefficient (Wildman–Crippen LogP) is 2.79. The summed E-state index contributed by atoms with van der Waals surface area (Å²) in [6, 6.07) is 0.807. The van der Waals surface area contributed by atoms with Crippen molar-refractivity contribution in [3.05, 3.63) is 34.5 Å². The van der Waals surface area contributed by atoms with Crippen LogP contribution < -0.4 is 5.32 Å². The topological polar surface area (TPSA) is 66.5 Å². The van der Waals surface area contributed by atoms with Crippen LogP contribution in [0.5, 0.6) is 0 Å². The van der Waals surface area contributed by atoms with Crippen molar-refractivity contribution in [3.63, 3.8) is 0 Å². The van der Waals surface area contributed by atoms with Gasteiger partial charge in [0.2, 0.25) is 5.28 Å². The normalized spacial score (nSPS) is 11.6. The number of anilines is 1. The zero-order chi connectivity index (χ0) is 14.0. The summed E-state index contributed by atoms with van der Waals surface area (Å²) >= 11 is 5.47. The number of hydrogen-bond acceptors (Lipinski definition) is 4. The Bertz CT molecular complexity index is 581. The van der Waals surface area contributed by atoms with Crippen LogP contribution >= 0.6 is 11.6 Å². The van der Waals surface area contributed by atoms with E-state index in [0.717, 1.165) is 17.3 Å². The molecular formula is C10H9ClF3N5. The molecule has 0 aliphatic rings. The summed E-state index contributed by atoms with van der Waals surface area (Å²) in [7, 11) is 0. The number of H-pyrrole nitrogens is 1. The quantitative estimate of drug-likeness (QED) is 0.853. The molecule has 2 rings (SSSR count). The summed E-state index contributed by atoms with van der Waals surface area (Å²) in [6.07, 6.45) is -2.98. The number of aromatic nitrogens is 4. The first kappa shape index (κ1) is 13.6. The summed E-state index contributed by atoms with van der Waals surface area (Å²) in [5, 5.41) is 8.82. The summed E-state index contributed by atoms with van der Waals surface area (Å²) in [6.45, 7) is 2.09. The van der Waals surface area contributed by atoms with Crippen LogP contribution in [0, 0.1) is 6.92 Å². The Morgan fingerprint density at radius 3 is 2.68 bits per heavy atom. The van der Waals surface area contributed by atoms with Gasteiger partial charge in [-0.25, -0.2) is 9.97 Å². The maximum absolute atomic E-state index is 12.5. The molecular weight excluding hydrogens is 283 g/mol. The fourth-order valence-electron chi connectivity index (χ4n) is 1.39. The molecule has 5 nitrogen and oxygen atoms in total. The highest BCUT2D eigenvalue weighted by molar-refractivity contribution is 6.28. The maximum atomic E-state index is 12.5. The van der Waals surface area contributed by atoms with E-state index in [1.54, 1.807) is 13.1 Å². The number of aromatic amines is 1. The molecule has 0 fully saturated rings. The summed E-state index contributed by atoms with van der Waals surface area (Å²) in [4.78, 5) is 6.83. The monoisotopic (exact) mass is 291 g/mol. The molecule has 0 aliphatic heterocycles. The van der Waals surface area contributed by atoms with E-state index in [2.05, 4.69) is 25.5 Å². The first-order valence-electron chi connectivity index (χ1n) is 5.21. The van der Waals surface area contributed by atoms with E-state index in [-0.39, 0.29) is 12.4 Å². The highest BCUT2D eigenvalue weighted by atomic mass is 35.5. The Kier molecular flexibility index (Phi) is 3.61. The highest BCUT2D eigenvalue weighted by Crippen LogP contribution is 2.29. The van der Waals surface area contributed by atoms with Crippen LogP contribution in [0.25, 0.3) is 0 Å². The molecule has 0 saturated heterocycles. The van der Waals surface area contributed by atoms with Gasteiger partial charge in [0.25, 0.3) is 0 Å². The summed E-state index contributed by atoms with van der Waals surface area (Å²) < 4.78 is 37.6. The second-order valence-corrected chi connectivity index (χ2v) is 4.12. The molecule has 0 radical (unpaired) electrons. The molecule has 0 atom stereocenters. The number of nitrogens with zero attached hydrogens (tertiary/aromatic N) is 3. The van der Waals surface area contributed by atoms with Gasteiger partial charge in [-0.3, -0.25) is 5.10 Å². The third-order valence-corrected chi connectivity index (χ3v) is 2.55. The molecule has 9 heteroatoms. The summed E-state index contributed by atoms with van der Waals surface area (Å²) in [5.41, 5.74) is 0.561. The minimum atomic E-state index is -4.56. The molecule has 19 heavy (non-hydrogen) atoms. The average molecular weight is 292 g/mol. The predicted molar refractivity (Wildman–Crippen MR) is 62.7 cm³/mol. The number of hydrogen-bond donors (Lipinski definition) is 2. The highest BCUT2D eigenvalue weighted by Gasteiger charge is 2.33. The SMILES string of the molecule is Cc1[nH]ncc1CNc1cc(C(F)(F)F)nc(Cl)n1. The maximum Gasteiger partial charge on any atom is 0.433 e. The lowest BCUT2D eigenvalue weighted by Crippen LogP contribution is -2.11. The molecule has 2 N–H and O–H groups in total. The van der Waals surface area contributed by atoms with E-state index in [9.17, 15) is 13.2 Å². The van der Waals surface area contributed by atoms with Crippen LogP contribution in [0.15, 0.2) is 12.3 Å². The molecule has 0 aliphatic carbocycles. The van der Waals surface area contributed by atoms with E-state index in [1.165, 1.54) is 0 Å². The van der Waals surface area contributed by atoms with Crippen molar-refractivity contribution in [2.75, 3.05) is 5.32 Å². The summed E-state index contributed by atoms with van der Waals surface area (Å²) in [5.74, 6) is 0.00734. The third-order valence-electron chi connectivity index (χ3n) is 2.38. The first-order valence-corrected chi connectivity index (χ1v) is 5.58. The van der Waals surface area contributed by atoms with E-state index in [0.29, 0.717) is 0 Å². The van der Waals surface area contributed by atoms with Crippen molar-refractivity contribution in [1.29, 1.82) is 0 Å². The van der Waals surface area contributed by atoms with Gasteiger partial charge in [0.1, 0.15) is 5.82 Å². The van der Waals surface area contributed by atoms with E-state index in [1.807, 2.05) is 0 Å². The Hall–Kier alpha value is -1.83. The lowest BCUT2D eigenvalue weighted by atomic mass is 10.2. The fraction of sp³-hybridized carbons (Fsp3) is 0.300. The molecule has 0 bridgehead atoms. The van der Waals surface area contributed by atoms with Crippen LogP contribution in [-0.2, 0) is 12.7 Å². The molecule has 0 unspecified atom stereocenters. The third kappa shape index (κ3) is 3.34. The van der Waals surface area contributed by atoms with Gasteiger partial charge in [-0.15, -0.1) is 0 Å². The van der Waals surface area contributed by atoms with Gasteiger partial charge >= 0.3 is 6.18 Å². The lowest BCUT2D eigenvalue weighted by Gasteiger charge is -2.09. The smallest absolute Gasteiger partial charge is 0.366 e. The zero-order valence-electron chi connectivity index (χ0n) is 9.72. The second kappa shape index (κ2) is 5.04. The van der Waals surface area contributed by atoms with Crippen molar-refractivity contribution in [2.45, 2.75) is 19.6 Å². The van der Waals surface area contributed by atoms with Gasteiger partial charge in [0.05, 0.1) is 6.20 Å². The minimum absolute atomic E-state index is 0.00734. The average Bonchev–Trinajstić information content (AvgIpc) is 2.70. The van der Waals surface area contributed by atoms with Crippen molar-refractivity contribution >= 4 is 17.4 Å². The van der Waals surface area contributed by atoms with Crippen LogP contribution in [0.2, 0.25) is 5.28 Å². The molecule has 2 heterocycles. The van der Waals surface area contributed by atoms with Crippen molar-refractivity contribution < 1.29 is 13.2 Å². The Morgan fingerprint density at radius 1 is 1.37 bits per heavy atom. The van der Waals surface area contributed by atoms with E-state index < -0.39 is 17.2 Å². The molecule has 0 saturated carbocycles. The van der Waals surface area contributed by atoms with Gasteiger partial charge in [0.15, 0.2) is 5.69 Å². The molecule has 0 amide bonds. The standard InChI is InChI=1S/C10H9ClF3N5/c1-5-6(4-16-19-5)3-15-8-2-7(10(12,13)14)17-9(11)18-8/h2,4H,3H2,1H3,(H,16,19)(H,15,17,18). The van der Waals surface area contributed by atoms with Crippen LogP contribution in [0.4, 0.5) is 19.0 Å². The zero-order valence-corrected chi connectivity index (χ0v) is 10.5. The van der Waals surface area contributed by atoms with Gasteiger partial charge in [-0.2, -0.15) is 18.3 Å².